The molecule has 0 fully saturated rings. The van der Waals surface area contributed by atoms with E-state index >= 15 is 0 Å². The second-order valence-electron chi connectivity index (χ2n) is 3.63. The van der Waals surface area contributed by atoms with Crippen molar-refractivity contribution in [2.45, 2.75) is 26.7 Å². The van der Waals surface area contributed by atoms with Crippen molar-refractivity contribution in [2.75, 3.05) is 0 Å². The number of hydrogen-bond donors (Lipinski definition) is 1. The summed E-state index contributed by atoms with van der Waals surface area (Å²) in [6.45, 7) is 9.94. The average molecular weight is 176 g/mol. The molecule has 0 aliphatic rings. The van der Waals surface area contributed by atoms with Gasteiger partial charge in [0.05, 0.1) is 0 Å². The second-order valence-corrected chi connectivity index (χ2v) is 3.63. The third-order valence-corrected chi connectivity index (χ3v) is 2.39. The van der Waals surface area contributed by atoms with Gasteiger partial charge < -0.3 is 5.11 Å². The Morgan fingerprint density at radius 2 is 2.08 bits per heavy atom. The summed E-state index contributed by atoms with van der Waals surface area (Å²) in [6.07, 6.45) is 0. The first-order chi connectivity index (χ1) is 6.02. The summed E-state index contributed by atoms with van der Waals surface area (Å²) in [4.78, 5) is 0. The molecule has 1 aromatic rings. The summed E-state index contributed by atoms with van der Waals surface area (Å²) < 4.78 is 0. The molecule has 0 spiro atoms. The minimum absolute atomic E-state index is 0.222. The Hall–Kier alpha value is -1.24. The molecule has 1 rings (SSSR count). The monoisotopic (exact) mass is 176 g/mol. The molecule has 13 heavy (non-hydrogen) atoms. The molecule has 0 heterocycles. The van der Waals surface area contributed by atoms with Gasteiger partial charge in [-0.15, -0.1) is 0 Å². The lowest BCUT2D eigenvalue weighted by Crippen LogP contribution is -1.95. The van der Waals surface area contributed by atoms with Gasteiger partial charge in [0, 0.05) is 11.5 Å². The Morgan fingerprint density at radius 3 is 2.62 bits per heavy atom. The highest BCUT2D eigenvalue weighted by molar-refractivity contribution is 5.40. The molecule has 1 heteroatoms. The number of aryl methyl sites for hydroxylation is 1. The first-order valence-corrected chi connectivity index (χ1v) is 4.47. The maximum absolute atomic E-state index is 9.61. The van der Waals surface area contributed by atoms with Crippen LogP contribution in [0.15, 0.2) is 30.4 Å². The molecular formula is C12H16O. The summed E-state index contributed by atoms with van der Waals surface area (Å²) in [5.74, 6) is 0.584. The van der Waals surface area contributed by atoms with Crippen LogP contribution in [0.4, 0.5) is 0 Å². The second kappa shape index (κ2) is 3.65. The molecule has 1 unspecified atom stereocenters. The van der Waals surface area contributed by atoms with E-state index in [1.54, 1.807) is 6.07 Å². The third-order valence-electron chi connectivity index (χ3n) is 2.39. The zero-order chi connectivity index (χ0) is 10.0. The highest BCUT2D eigenvalue weighted by Gasteiger charge is 2.10. The molecule has 0 amide bonds. The van der Waals surface area contributed by atoms with E-state index in [1.165, 1.54) is 5.56 Å². The summed E-state index contributed by atoms with van der Waals surface area (Å²) in [5.41, 5.74) is 3.20. The molecule has 0 aromatic heterocycles. The Morgan fingerprint density at radius 1 is 1.46 bits per heavy atom. The van der Waals surface area contributed by atoms with Crippen molar-refractivity contribution < 1.29 is 5.11 Å². The number of hydrogen-bond acceptors (Lipinski definition) is 1. The molecular weight excluding hydrogens is 160 g/mol. The fourth-order valence-electron chi connectivity index (χ4n) is 1.29. The first-order valence-electron chi connectivity index (χ1n) is 4.47. The summed E-state index contributed by atoms with van der Waals surface area (Å²) in [6, 6.07) is 5.66. The topological polar surface area (TPSA) is 20.2 Å². The van der Waals surface area contributed by atoms with Crippen LogP contribution in [0.25, 0.3) is 0 Å². The van der Waals surface area contributed by atoms with Crippen LogP contribution in [0.3, 0.4) is 0 Å². The summed E-state index contributed by atoms with van der Waals surface area (Å²) in [7, 11) is 0. The molecule has 1 aromatic carbocycles. The van der Waals surface area contributed by atoms with Crippen LogP contribution in [-0.4, -0.2) is 5.11 Å². The highest BCUT2D eigenvalue weighted by atomic mass is 16.3. The molecule has 0 saturated heterocycles. The highest BCUT2D eigenvalue weighted by Crippen LogP contribution is 2.30. The van der Waals surface area contributed by atoms with Crippen molar-refractivity contribution in [1.29, 1.82) is 0 Å². The fourth-order valence-corrected chi connectivity index (χ4v) is 1.29. The van der Waals surface area contributed by atoms with Crippen molar-refractivity contribution >= 4 is 0 Å². The first kappa shape index (κ1) is 9.85. The molecule has 0 bridgehead atoms. The van der Waals surface area contributed by atoms with Crippen LogP contribution in [0.2, 0.25) is 0 Å². The number of aromatic hydroxyl groups is 1. The van der Waals surface area contributed by atoms with Crippen molar-refractivity contribution in [3.8, 4) is 5.75 Å². The van der Waals surface area contributed by atoms with E-state index < -0.39 is 0 Å². The lowest BCUT2D eigenvalue weighted by Gasteiger charge is -2.13. The predicted octanol–water partition coefficient (Wildman–Crippen LogP) is 3.38. The summed E-state index contributed by atoms with van der Waals surface area (Å²) in [5, 5.41) is 9.61. The van der Waals surface area contributed by atoms with Gasteiger partial charge in [0.25, 0.3) is 0 Å². The fraction of sp³-hybridized carbons (Fsp3) is 0.333. The quantitative estimate of drug-likeness (QED) is 0.685. The van der Waals surface area contributed by atoms with E-state index in [1.807, 2.05) is 26.0 Å². The smallest absolute Gasteiger partial charge is 0.119 e. The normalized spacial score (nSPS) is 12.5. The molecule has 0 aliphatic carbocycles. The van der Waals surface area contributed by atoms with Crippen LogP contribution >= 0.6 is 0 Å². The SMILES string of the molecule is C=C(C)C(C)c1cc(C)ccc1O. The Bertz CT molecular complexity index is 326. The van der Waals surface area contributed by atoms with E-state index in [4.69, 9.17) is 0 Å². The molecule has 0 saturated carbocycles. The van der Waals surface area contributed by atoms with Crippen molar-refractivity contribution in [1.82, 2.24) is 0 Å². The standard InChI is InChI=1S/C12H16O/c1-8(2)10(4)11-7-9(3)5-6-12(11)13/h5-7,10,13H,1H2,2-4H3. The molecule has 1 nitrogen and oxygen atoms in total. The van der Waals surface area contributed by atoms with E-state index in [9.17, 15) is 5.11 Å². The minimum atomic E-state index is 0.222. The van der Waals surface area contributed by atoms with E-state index in [2.05, 4.69) is 13.5 Å². The van der Waals surface area contributed by atoms with E-state index in [0.29, 0.717) is 5.75 Å². The van der Waals surface area contributed by atoms with Gasteiger partial charge in [-0.2, -0.15) is 0 Å². The van der Waals surface area contributed by atoms with Crippen molar-refractivity contribution in [3.05, 3.63) is 41.5 Å². The maximum atomic E-state index is 9.61. The van der Waals surface area contributed by atoms with Crippen molar-refractivity contribution in [2.24, 2.45) is 0 Å². The van der Waals surface area contributed by atoms with Gasteiger partial charge in [-0.05, 0) is 19.9 Å². The number of rotatable bonds is 2. The van der Waals surface area contributed by atoms with Gasteiger partial charge >= 0.3 is 0 Å². The third kappa shape index (κ3) is 2.11. The zero-order valence-corrected chi connectivity index (χ0v) is 8.46. The van der Waals surface area contributed by atoms with Gasteiger partial charge in [-0.1, -0.05) is 36.8 Å². The van der Waals surface area contributed by atoms with Crippen LogP contribution in [-0.2, 0) is 0 Å². The Balaban J connectivity index is 3.12. The number of benzene rings is 1. The number of phenolic OH excluding ortho intramolecular Hbond substituents is 1. The van der Waals surface area contributed by atoms with E-state index in [0.717, 1.165) is 11.1 Å². The Kier molecular flexibility index (Phi) is 2.76. The molecule has 1 atom stereocenters. The molecule has 0 aliphatic heterocycles. The molecule has 70 valence electrons. The lowest BCUT2D eigenvalue weighted by molar-refractivity contribution is 0.465. The van der Waals surface area contributed by atoms with Crippen LogP contribution < -0.4 is 0 Å². The number of phenols is 1. The summed E-state index contributed by atoms with van der Waals surface area (Å²) >= 11 is 0. The average Bonchev–Trinajstić information content (AvgIpc) is 2.08. The molecule has 1 N–H and O–H groups in total. The largest absolute Gasteiger partial charge is 0.508 e. The van der Waals surface area contributed by atoms with Crippen LogP contribution in [0, 0.1) is 6.92 Å². The number of allylic oxidation sites excluding steroid dienone is 1. The Labute approximate surface area is 79.7 Å². The van der Waals surface area contributed by atoms with Gasteiger partial charge in [-0.3, -0.25) is 0 Å². The maximum Gasteiger partial charge on any atom is 0.119 e. The van der Waals surface area contributed by atoms with Gasteiger partial charge in [0.15, 0.2) is 0 Å². The lowest BCUT2D eigenvalue weighted by atomic mass is 9.93. The van der Waals surface area contributed by atoms with Crippen LogP contribution in [0.5, 0.6) is 5.75 Å². The minimum Gasteiger partial charge on any atom is -0.508 e. The van der Waals surface area contributed by atoms with Crippen LogP contribution in [0.1, 0.15) is 30.9 Å². The molecule has 0 radical (unpaired) electrons. The van der Waals surface area contributed by atoms with Gasteiger partial charge in [0.1, 0.15) is 5.75 Å². The van der Waals surface area contributed by atoms with E-state index in [-0.39, 0.29) is 5.92 Å². The van der Waals surface area contributed by atoms with Crippen molar-refractivity contribution in [3.63, 3.8) is 0 Å². The zero-order valence-electron chi connectivity index (χ0n) is 8.46. The van der Waals surface area contributed by atoms with Gasteiger partial charge in [0.2, 0.25) is 0 Å². The predicted molar refractivity (Wildman–Crippen MR) is 56.1 cm³/mol. The van der Waals surface area contributed by atoms with Gasteiger partial charge in [-0.25, -0.2) is 0 Å².